The third-order valence-electron chi connectivity index (χ3n) is 4.89. The maximum Gasteiger partial charge on any atom is 0.242 e. The Kier molecular flexibility index (Phi) is 4.44. The van der Waals surface area contributed by atoms with Crippen molar-refractivity contribution >= 4 is 43.1 Å². The first-order chi connectivity index (χ1) is 12.8. The van der Waals surface area contributed by atoms with Crippen LogP contribution in [0.25, 0.3) is 10.2 Å². The summed E-state index contributed by atoms with van der Waals surface area (Å²) in [6.45, 7) is 3.69. The van der Waals surface area contributed by atoms with E-state index in [0.717, 1.165) is 34.4 Å². The van der Waals surface area contributed by atoms with Gasteiger partial charge in [-0.2, -0.15) is 0 Å². The number of fused-ring (bicyclic) bond motifs is 3. The first kappa shape index (κ1) is 18.3. The van der Waals surface area contributed by atoms with Crippen LogP contribution in [0.5, 0.6) is 0 Å². The number of thiophene rings is 1. The molecular weight excluding hydrogens is 380 g/mol. The van der Waals surface area contributed by atoms with Crippen LogP contribution in [0.2, 0.25) is 0 Å². The molecule has 3 aromatic rings. The molecule has 0 fully saturated rings. The number of aromatic nitrogens is 2. The molecule has 1 N–H and O–H groups in total. The Morgan fingerprint density at radius 3 is 2.67 bits per heavy atom. The highest BCUT2D eigenvalue weighted by atomic mass is 32.2. The largest absolute Gasteiger partial charge is 0.340 e. The lowest BCUT2D eigenvalue weighted by Crippen LogP contribution is -2.23. The van der Waals surface area contributed by atoms with Crippen LogP contribution in [0.15, 0.2) is 23.1 Å². The molecule has 1 aliphatic carbocycles. The Labute approximate surface area is 163 Å². The van der Waals surface area contributed by atoms with Crippen LogP contribution in [-0.2, 0) is 22.9 Å². The average molecular weight is 403 g/mol. The van der Waals surface area contributed by atoms with Gasteiger partial charge in [0.1, 0.15) is 16.5 Å². The van der Waals surface area contributed by atoms with Crippen LogP contribution in [0.3, 0.4) is 0 Å². The molecule has 0 aliphatic heterocycles. The van der Waals surface area contributed by atoms with E-state index < -0.39 is 10.0 Å². The van der Waals surface area contributed by atoms with Crippen LogP contribution in [-0.4, -0.2) is 36.8 Å². The normalized spacial score (nSPS) is 14.1. The standard InChI is InChI=1S/C19H22N4O2S2/c1-11-8-9-13(10-16(11)27(24,25)23(3)4)22-18-17-14-6-5-7-15(14)26-19(17)21-12(2)20-18/h8-10H,5-7H2,1-4H3,(H,20,21,22). The Balaban J connectivity index is 1.82. The summed E-state index contributed by atoms with van der Waals surface area (Å²) in [6, 6.07) is 5.39. The van der Waals surface area contributed by atoms with Gasteiger partial charge in [-0.3, -0.25) is 0 Å². The van der Waals surface area contributed by atoms with Gasteiger partial charge in [-0.05, 0) is 56.4 Å². The number of benzene rings is 1. The molecule has 0 atom stereocenters. The fraction of sp³-hybridized carbons (Fsp3) is 0.368. The van der Waals surface area contributed by atoms with E-state index in [1.807, 2.05) is 19.1 Å². The molecule has 6 nitrogen and oxygen atoms in total. The molecule has 1 aliphatic rings. The Bertz CT molecular complexity index is 1150. The quantitative estimate of drug-likeness (QED) is 0.719. The molecule has 0 saturated heterocycles. The van der Waals surface area contributed by atoms with Gasteiger partial charge in [0.2, 0.25) is 10.0 Å². The summed E-state index contributed by atoms with van der Waals surface area (Å²) in [5.74, 6) is 1.46. The molecule has 8 heteroatoms. The van der Waals surface area contributed by atoms with Crippen molar-refractivity contribution in [3.05, 3.63) is 40.0 Å². The molecule has 0 amide bonds. The SMILES string of the molecule is Cc1nc(Nc2ccc(C)c(S(=O)(=O)N(C)C)c2)c2c3c(sc2n1)CCC3. The molecule has 2 heterocycles. The number of nitrogens with zero attached hydrogens (tertiary/aromatic N) is 3. The van der Waals surface area contributed by atoms with Crippen molar-refractivity contribution in [2.45, 2.75) is 38.0 Å². The fourth-order valence-electron chi connectivity index (χ4n) is 3.48. The first-order valence-corrected chi connectivity index (χ1v) is 11.1. The van der Waals surface area contributed by atoms with Crippen molar-refractivity contribution in [1.82, 2.24) is 14.3 Å². The minimum Gasteiger partial charge on any atom is -0.340 e. The average Bonchev–Trinajstić information content (AvgIpc) is 3.16. The zero-order valence-corrected chi connectivity index (χ0v) is 17.5. The molecule has 0 spiro atoms. The topological polar surface area (TPSA) is 75.2 Å². The molecule has 0 unspecified atom stereocenters. The number of aryl methyl sites for hydroxylation is 4. The van der Waals surface area contributed by atoms with Gasteiger partial charge >= 0.3 is 0 Å². The first-order valence-electron chi connectivity index (χ1n) is 8.86. The zero-order chi connectivity index (χ0) is 19.3. The summed E-state index contributed by atoms with van der Waals surface area (Å²) in [4.78, 5) is 11.9. The van der Waals surface area contributed by atoms with Crippen molar-refractivity contribution in [3.63, 3.8) is 0 Å². The van der Waals surface area contributed by atoms with Crippen LogP contribution in [0.4, 0.5) is 11.5 Å². The van der Waals surface area contributed by atoms with Crippen LogP contribution < -0.4 is 5.32 Å². The van der Waals surface area contributed by atoms with Crippen molar-refractivity contribution in [2.24, 2.45) is 0 Å². The number of hydrogen-bond donors (Lipinski definition) is 1. The smallest absolute Gasteiger partial charge is 0.242 e. The van der Waals surface area contributed by atoms with E-state index in [0.29, 0.717) is 16.4 Å². The summed E-state index contributed by atoms with van der Waals surface area (Å²) < 4.78 is 26.5. The van der Waals surface area contributed by atoms with Crippen molar-refractivity contribution in [1.29, 1.82) is 0 Å². The third kappa shape index (κ3) is 3.11. The van der Waals surface area contributed by atoms with E-state index in [9.17, 15) is 8.42 Å². The molecule has 0 bridgehead atoms. The number of rotatable bonds is 4. The van der Waals surface area contributed by atoms with E-state index in [4.69, 9.17) is 0 Å². The predicted octanol–water partition coefficient (Wildman–Crippen LogP) is 3.79. The summed E-state index contributed by atoms with van der Waals surface area (Å²) in [7, 11) is -0.424. The molecule has 0 radical (unpaired) electrons. The number of nitrogens with one attached hydrogen (secondary N) is 1. The lowest BCUT2D eigenvalue weighted by molar-refractivity contribution is 0.520. The molecule has 2 aromatic heterocycles. The highest BCUT2D eigenvalue weighted by Crippen LogP contribution is 2.40. The van der Waals surface area contributed by atoms with Crippen molar-refractivity contribution in [2.75, 3.05) is 19.4 Å². The lowest BCUT2D eigenvalue weighted by atomic mass is 10.1. The maximum atomic E-state index is 12.6. The second-order valence-electron chi connectivity index (χ2n) is 7.05. The number of anilines is 2. The van der Waals surface area contributed by atoms with Gasteiger partial charge in [-0.15, -0.1) is 11.3 Å². The monoisotopic (exact) mass is 402 g/mol. The molecule has 27 heavy (non-hydrogen) atoms. The minimum absolute atomic E-state index is 0.301. The molecular formula is C19H22N4O2S2. The molecule has 142 valence electrons. The van der Waals surface area contributed by atoms with E-state index in [-0.39, 0.29) is 0 Å². The second kappa shape index (κ2) is 6.54. The van der Waals surface area contributed by atoms with Crippen LogP contribution >= 0.6 is 11.3 Å². The van der Waals surface area contributed by atoms with Gasteiger partial charge < -0.3 is 5.32 Å². The van der Waals surface area contributed by atoms with E-state index in [1.165, 1.54) is 21.2 Å². The Morgan fingerprint density at radius 1 is 1.15 bits per heavy atom. The summed E-state index contributed by atoms with van der Waals surface area (Å²) in [5, 5.41) is 4.43. The fourth-order valence-corrected chi connectivity index (χ4v) is 5.93. The van der Waals surface area contributed by atoms with Gasteiger partial charge in [0.05, 0.1) is 10.3 Å². The van der Waals surface area contributed by atoms with E-state index in [1.54, 1.807) is 38.4 Å². The minimum atomic E-state index is -3.51. The summed E-state index contributed by atoms with van der Waals surface area (Å²) in [5.41, 5.74) is 2.76. The third-order valence-corrected chi connectivity index (χ3v) is 8.03. The van der Waals surface area contributed by atoms with Gasteiger partial charge in [-0.1, -0.05) is 6.07 Å². The number of hydrogen-bond acceptors (Lipinski definition) is 6. The van der Waals surface area contributed by atoms with Gasteiger partial charge in [-0.25, -0.2) is 22.7 Å². The van der Waals surface area contributed by atoms with Gasteiger partial charge in [0.15, 0.2) is 0 Å². The molecule has 4 rings (SSSR count). The second-order valence-corrected chi connectivity index (χ2v) is 10.3. The van der Waals surface area contributed by atoms with Crippen LogP contribution in [0, 0.1) is 13.8 Å². The number of sulfonamides is 1. The zero-order valence-electron chi connectivity index (χ0n) is 15.8. The Morgan fingerprint density at radius 2 is 1.93 bits per heavy atom. The van der Waals surface area contributed by atoms with Gasteiger partial charge in [0, 0.05) is 24.7 Å². The van der Waals surface area contributed by atoms with E-state index >= 15 is 0 Å². The Hall–Kier alpha value is -2.03. The molecule has 0 saturated carbocycles. The summed E-state index contributed by atoms with van der Waals surface area (Å²) in [6.07, 6.45) is 3.31. The van der Waals surface area contributed by atoms with Gasteiger partial charge in [0.25, 0.3) is 0 Å². The molecule has 1 aromatic carbocycles. The van der Waals surface area contributed by atoms with E-state index in [2.05, 4.69) is 15.3 Å². The predicted molar refractivity (Wildman–Crippen MR) is 110 cm³/mol. The highest BCUT2D eigenvalue weighted by molar-refractivity contribution is 7.89. The maximum absolute atomic E-state index is 12.6. The van der Waals surface area contributed by atoms with Crippen LogP contribution in [0.1, 0.15) is 28.2 Å². The lowest BCUT2D eigenvalue weighted by Gasteiger charge is -2.15. The van der Waals surface area contributed by atoms with Crippen molar-refractivity contribution in [3.8, 4) is 0 Å². The van der Waals surface area contributed by atoms with Crippen molar-refractivity contribution < 1.29 is 8.42 Å². The highest BCUT2D eigenvalue weighted by Gasteiger charge is 2.23. The summed E-state index contributed by atoms with van der Waals surface area (Å²) >= 11 is 1.75.